The molecule has 0 spiro atoms. The first-order valence-corrected chi connectivity index (χ1v) is 5.66. The predicted molar refractivity (Wildman–Crippen MR) is 56.1 cm³/mol. The zero-order valence-electron chi connectivity index (χ0n) is 9.29. The number of ether oxygens (including phenoxy) is 1. The number of nitrogens with zero attached hydrogens (tertiary/aromatic N) is 1. The number of carbonyl (C=O) groups is 1. The van der Waals surface area contributed by atoms with Gasteiger partial charge in [0.1, 0.15) is 6.10 Å². The smallest absolute Gasteiger partial charge is 0.251 e. The summed E-state index contributed by atoms with van der Waals surface area (Å²) in [4.78, 5) is 13.7. The number of hydrogen-bond acceptors (Lipinski definition) is 2. The second-order valence-corrected chi connectivity index (χ2v) is 3.90. The Kier molecular flexibility index (Phi) is 4.94. The number of likely N-dealkylation sites (tertiary alicyclic amines) is 1. The Morgan fingerprint density at radius 3 is 2.64 bits per heavy atom. The molecule has 1 heterocycles. The van der Waals surface area contributed by atoms with Crippen molar-refractivity contribution in [2.75, 3.05) is 19.7 Å². The van der Waals surface area contributed by atoms with E-state index in [0.29, 0.717) is 6.61 Å². The quantitative estimate of drug-likeness (QED) is 0.632. The normalized spacial score (nSPS) is 18.6. The van der Waals surface area contributed by atoms with E-state index in [9.17, 15) is 4.79 Å². The third kappa shape index (κ3) is 3.29. The zero-order chi connectivity index (χ0) is 10.4. The Labute approximate surface area is 86.4 Å². The fourth-order valence-corrected chi connectivity index (χ4v) is 1.67. The monoisotopic (exact) mass is 199 g/mol. The van der Waals surface area contributed by atoms with Crippen LogP contribution in [0.25, 0.3) is 0 Å². The standard InChI is InChI=1S/C11H21NO2/c1-3-4-9-14-10(2)11(13)12-7-5-6-8-12/h10H,3-9H2,1-2H3/t10-/m0/s1. The molecule has 1 amide bonds. The van der Waals surface area contributed by atoms with Gasteiger partial charge >= 0.3 is 0 Å². The van der Waals surface area contributed by atoms with Gasteiger partial charge in [0.15, 0.2) is 0 Å². The average Bonchev–Trinajstić information content (AvgIpc) is 2.69. The van der Waals surface area contributed by atoms with E-state index in [1.807, 2.05) is 11.8 Å². The molecule has 0 radical (unpaired) electrons. The highest BCUT2D eigenvalue weighted by Crippen LogP contribution is 2.10. The zero-order valence-corrected chi connectivity index (χ0v) is 9.29. The lowest BCUT2D eigenvalue weighted by Gasteiger charge is -2.20. The molecular formula is C11H21NO2. The summed E-state index contributed by atoms with van der Waals surface area (Å²) in [5, 5.41) is 0. The van der Waals surface area contributed by atoms with E-state index in [2.05, 4.69) is 6.92 Å². The van der Waals surface area contributed by atoms with E-state index < -0.39 is 0 Å². The van der Waals surface area contributed by atoms with Crippen molar-refractivity contribution in [1.29, 1.82) is 0 Å². The molecule has 0 saturated carbocycles. The van der Waals surface area contributed by atoms with Gasteiger partial charge in [0.2, 0.25) is 0 Å². The topological polar surface area (TPSA) is 29.5 Å². The molecule has 1 aliphatic heterocycles. The van der Waals surface area contributed by atoms with Gasteiger partial charge in [-0.3, -0.25) is 4.79 Å². The number of amides is 1. The summed E-state index contributed by atoms with van der Waals surface area (Å²) in [6.07, 6.45) is 4.20. The molecule has 3 heteroatoms. The first-order valence-electron chi connectivity index (χ1n) is 5.66. The van der Waals surface area contributed by atoms with Crippen molar-refractivity contribution < 1.29 is 9.53 Å². The van der Waals surface area contributed by atoms with E-state index in [4.69, 9.17) is 4.74 Å². The van der Waals surface area contributed by atoms with Crippen molar-refractivity contribution in [3.63, 3.8) is 0 Å². The summed E-state index contributed by atoms with van der Waals surface area (Å²) in [5.41, 5.74) is 0. The SMILES string of the molecule is CCCCO[C@@H](C)C(=O)N1CCCC1. The van der Waals surface area contributed by atoms with Crippen molar-refractivity contribution in [2.24, 2.45) is 0 Å². The summed E-state index contributed by atoms with van der Waals surface area (Å²) in [7, 11) is 0. The fraction of sp³-hybridized carbons (Fsp3) is 0.909. The number of hydrogen-bond donors (Lipinski definition) is 0. The van der Waals surface area contributed by atoms with Crippen molar-refractivity contribution in [1.82, 2.24) is 4.90 Å². The summed E-state index contributed by atoms with van der Waals surface area (Å²) in [5.74, 6) is 0.165. The van der Waals surface area contributed by atoms with Gasteiger partial charge in [-0.15, -0.1) is 0 Å². The van der Waals surface area contributed by atoms with Gasteiger partial charge in [-0.2, -0.15) is 0 Å². The molecule has 1 atom stereocenters. The van der Waals surface area contributed by atoms with Crippen LogP contribution < -0.4 is 0 Å². The Morgan fingerprint density at radius 2 is 2.07 bits per heavy atom. The minimum Gasteiger partial charge on any atom is -0.369 e. The highest BCUT2D eigenvalue weighted by Gasteiger charge is 2.23. The Morgan fingerprint density at radius 1 is 1.43 bits per heavy atom. The molecule has 1 saturated heterocycles. The summed E-state index contributed by atoms with van der Waals surface area (Å²) in [6.45, 7) is 6.52. The summed E-state index contributed by atoms with van der Waals surface area (Å²) >= 11 is 0. The van der Waals surface area contributed by atoms with Crippen molar-refractivity contribution >= 4 is 5.91 Å². The minimum atomic E-state index is -0.250. The molecule has 0 unspecified atom stereocenters. The predicted octanol–water partition coefficient (Wildman–Crippen LogP) is 1.81. The lowest BCUT2D eigenvalue weighted by atomic mass is 10.3. The van der Waals surface area contributed by atoms with Crippen LogP contribution in [0.2, 0.25) is 0 Å². The molecule has 14 heavy (non-hydrogen) atoms. The molecule has 1 rings (SSSR count). The van der Waals surface area contributed by atoms with Crippen molar-refractivity contribution in [3.05, 3.63) is 0 Å². The molecule has 3 nitrogen and oxygen atoms in total. The van der Waals surface area contributed by atoms with E-state index in [0.717, 1.165) is 38.8 Å². The van der Waals surface area contributed by atoms with Gasteiger partial charge in [0.05, 0.1) is 0 Å². The van der Waals surface area contributed by atoms with Crippen LogP contribution in [-0.2, 0) is 9.53 Å². The third-order valence-corrected chi connectivity index (χ3v) is 2.63. The second-order valence-electron chi connectivity index (χ2n) is 3.90. The van der Waals surface area contributed by atoms with Crippen molar-refractivity contribution in [3.8, 4) is 0 Å². The third-order valence-electron chi connectivity index (χ3n) is 2.63. The lowest BCUT2D eigenvalue weighted by molar-refractivity contribution is -0.141. The first-order chi connectivity index (χ1) is 6.75. The lowest BCUT2D eigenvalue weighted by Crippen LogP contribution is -2.37. The highest BCUT2D eigenvalue weighted by molar-refractivity contribution is 5.80. The molecule has 1 fully saturated rings. The van der Waals surface area contributed by atoms with Gasteiger partial charge in [-0.25, -0.2) is 0 Å². The van der Waals surface area contributed by atoms with E-state index in [1.54, 1.807) is 0 Å². The van der Waals surface area contributed by atoms with Crippen LogP contribution in [0, 0.1) is 0 Å². The number of rotatable bonds is 5. The fourth-order valence-electron chi connectivity index (χ4n) is 1.67. The first kappa shape index (κ1) is 11.5. The summed E-state index contributed by atoms with van der Waals surface area (Å²) < 4.78 is 5.47. The number of unbranched alkanes of at least 4 members (excludes halogenated alkanes) is 1. The Hall–Kier alpha value is -0.570. The van der Waals surface area contributed by atoms with E-state index in [-0.39, 0.29) is 12.0 Å². The molecular weight excluding hydrogens is 178 g/mol. The maximum absolute atomic E-state index is 11.7. The molecule has 82 valence electrons. The maximum Gasteiger partial charge on any atom is 0.251 e. The van der Waals surface area contributed by atoms with Gasteiger partial charge < -0.3 is 9.64 Å². The number of carbonyl (C=O) groups excluding carboxylic acids is 1. The Bertz CT molecular complexity index is 176. The van der Waals surface area contributed by atoms with Crippen LogP contribution in [0.15, 0.2) is 0 Å². The van der Waals surface area contributed by atoms with Crippen LogP contribution in [-0.4, -0.2) is 36.6 Å². The van der Waals surface area contributed by atoms with Crippen LogP contribution in [0.3, 0.4) is 0 Å². The van der Waals surface area contributed by atoms with Crippen LogP contribution >= 0.6 is 0 Å². The maximum atomic E-state index is 11.7. The van der Waals surface area contributed by atoms with Crippen LogP contribution in [0.5, 0.6) is 0 Å². The minimum absolute atomic E-state index is 0.165. The molecule has 0 N–H and O–H groups in total. The molecule has 1 aliphatic rings. The summed E-state index contributed by atoms with van der Waals surface area (Å²) in [6, 6.07) is 0. The molecule has 0 aromatic heterocycles. The van der Waals surface area contributed by atoms with Crippen molar-refractivity contribution in [2.45, 2.75) is 45.6 Å². The van der Waals surface area contributed by atoms with E-state index >= 15 is 0 Å². The molecule has 0 aromatic rings. The van der Waals surface area contributed by atoms with Gasteiger partial charge in [-0.1, -0.05) is 13.3 Å². The van der Waals surface area contributed by atoms with Crippen LogP contribution in [0.4, 0.5) is 0 Å². The molecule has 0 bridgehead atoms. The largest absolute Gasteiger partial charge is 0.369 e. The second kappa shape index (κ2) is 6.02. The Balaban J connectivity index is 2.21. The average molecular weight is 199 g/mol. The molecule has 0 aliphatic carbocycles. The van der Waals surface area contributed by atoms with Crippen LogP contribution in [0.1, 0.15) is 39.5 Å². The highest BCUT2D eigenvalue weighted by atomic mass is 16.5. The van der Waals surface area contributed by atoms with Gasteiger partial charge in [-0.05, 0) is 26.2 Å². The molecule has 0 aromatic carbocycles. The van der Waals surface area contributed by atoms with E-state index in [1.165, 1.54) is 0 Å². The van der Waals surface area contributed by atoms with Gasteiger partial charge in [0, 0.05) is 19.7 Å². The van der Waals surface area contributed by atoms with Gasteiger partial charge in [0.25, 0.3) is 5.91 Å².